The van der Waals surface area contributed by atoms with Crippen molar-refractivity contribution in [3.63, 3.8) is 0 Å². The molecule has 1 aromatic rings. The Morgan fingerprint density at radius 3 is 2.57 bits per heavy atom. The molecule has 0 aliphatic rings. The lowest BCUT2D eigenvalue weighted by atomic mass is 10.1. The zero-order valence-electron chi connectivity index (χ0n) is 7.35. The molecule has 0 atom stereocenters. The molecule has 0 radical (unpaired) electrons. The molecule has 1 aromatic carbocycles. The average Bonchev–Trinajstić information content (AvgIpc) is 2.08. The Bertz CT molecular complexity index is 375. The second kappa shape index (κ2) is 3.33. The second-order valence-corrected chi connectivity index (χ2v) is 2.79. The molecule has 0 fully saturated rings. The summed E-state index contributed by atoms with van der Waals surface area (Å²) in [7, 11) is 0. The maximum absolute atomic E-state index is 10.6. The lowest BCUT2D eigenvalue weighted by Gasteiger charge is -2.02. The minimum atomic E-state index is -1.33. The van der Waals surface area contributed by atoms with E-state index >= 15 is 0 Å². The van der Waals surface area contributed by atoms with Crippen LogP contribution in [0.1, 0.15) is 15.9 Å². The van der Waals surface area contributed by atoms with Crippen molar-refractivity contribution < 1.29 is 14.8 Å². The second-order valence-electron chi connectivity index (χ2n) is 2.79. The van der Waals surface area contributed by atoms with Gasteiger partial charge in [0, 0.05) is 11.8 Å². The summed E-state index contributed by atoms with van der Waals surface area (Å²) in [6, 6.07) is 2.24. The molecule has 14 heavy (non-hydrogen) atoms. The maximum Gasteiger partial charge on any atom is 0.342 e. The van der Waals surface area contributed by atoms with Crippen molar-refractivity contribution in [2.24, 2.45) is 0 Å². The molecular formula is C8H8N2O4. The number of nitrogens with zero attached hydrogens (tertiary/aromatic N) is 1. The number of nitro benzene ring substituents is 1. The number of aryl methyl sites for hydroxylation is 1. The number of rotatable bonds is 2. The predicted molar refractivity (Wildman–Crippen MR) is 49.2 cm³/mol. The Hall–Kier alpha value is -2.11. The molecule has 6 nitrogen and oxygen atoms in total. The van der Waals surface area contributed by atoms with Crippen LogP contribution in [0.5, 0.6) is 0 Å². The van der Waals surface area contributed by atoms with Gasteiger partial charge in [0.15, 0.2) is 0 Å². The third kappa shape index (κ3) is 1.63. The Morgan fingerprint density at radius 2 is 2.14 bits per heavy atom. The number of nitrogen functional groups attached to an aromatic ring is 1. The molecule has 74 valence electrons. The van der Waals surface area contributed by atoms with Gasteiger partial charge in [0.05, 0.1) is 4.92 Å². The highest BCUT2D eigenvalue weighted by atomic mass is 16.6. The Balaban J connectivity index is 3.46. The number of carbonyl (C=O) groups is 1. The van der Waals surface area contributed by atoms with Crippen LogP contribution in [-0.4, -0.2) is 16.0 Å². The molecule has 0 aliphatic heterocycles. The molecule has 0 unspecified atom stereocenters. The van der Waals surface area contributed by atoms with Crippen molar-refractivity contribution in [1.82, 2.24) is 0 Å². The van der Waals surface area contributed by atoms with Gasteiger partial charge in [0.1, 0.15) is 5.56 Å². The number of carboxylic acids is 1. The first kappa shape index (κ1) is 9.97. The number of nitro groups is 1. The van der Waals surface area contributed by atoms with Gasteiger partial charge in [0.2, 0.25) is 0 Å². The number of carboxylic acid groups (broad SMARTS) is 1. The van der Waals surface area contributed by atoms with E-state index in [-0.39, 0.29) is 11.3 Å². The van der Waals surface area contributed by atoms with Gasteiger partial charge in [-0.25, -0.2) is 4.79 Å². The zero-order valence-corrected chi connectivity index (χ0v) is 7.35. The fourth-order valence-electron chi connectivity index (χ4n) is 1.04. The molecule has 0 amide bonds. The van der Waals surface area contributed by atoms with Crippen molar-refractivity contribution >= 4 is 17.3 Å². The summed E-state index contributed by atoms with van der Waals surface area (Å²) in [6.45, 7) is 1.59. The quantitative estimate of drug-likeness (QED) is 0.419. The van der Waals surface area contributed by atoms with Crippen molar-refractivity contribution in [2.75, 3.05) is 5.73 Å². The van der Waals surface area contributed by atoms with Crippen LogP contribution in [0.4, 0.5) is 11.4 Å². The van der Waals surface area contributed by atoms with Crippen LogP contribution in [0.25, 0.3) is 0 Å². The maximum atomic E-state index is 10.6. The van der Waals surface area contributed by atoms with Crippen LogP contribution < -0.4 is 5.73 Å². The van der Waals surface area contributed by atoms with Crippen LogP contribution in [0.15, 0.2) is 12.1 Å². The van der Waals surface area contributed by atoms with Gasteiger partial charge >= 0.3 is 5.97 Å². The summed E-state index contributed by atoms with van der Waals surface area (Å²) in [5, 5.41) is 19.2. The van der Waals surface area contributed by atoms with E-state index in [1.165, 1.54) is 6.07 Å². The number of nitrogens with two attached hydrogens (primary N) is 1. The highest BCUT2D eigenvalue weighted by Crippen LogP contribution is 2.24. The highest BCUT2D eigenvalue weighted by molar-refractivity contribution is 5.93. The van der Waals surface area contributed by atoms with Gasteiger partial charge < -0.3 is 10.8 Å². The Kier molecular flexibility index (Phi) is 2.37. The number of anilines is 1. The van der Waals surface area contributed by atoms with Crippen LogP contribution in [0.2, 0.25) is 0 Å². The van der Waals surface area contributed by atoms with Gasteiger partial charge in [-0.05, 0) is 18.6 Å². The standard InChI is InChI=1S/C8H8N2O4/c1-4-2-5(8(11)12)7(10(13)14)3-6(4)9/h2-3H,9H2,1H3,(H,11,12). The molecular weight excluding hydrogens is 188 g/mol. The Morgan fingerprint density at radius 1 is 1.57 bits per heavy atom. The summed E-state index contributed by atoms with van der Waals surface area (Å²) < 4.78 is 0. The Labute approximate surface area is 79.1 Å². The highest BCUT2D eigenvalue weighted by Gasteiger charge is 2.20. The third-order valence-corrected chi connectivity index (χ3v) is 1.81. The van der Waals surface area contributed by atoms with Crippen LogP contribution >= 0.6 is 0 Å². The third-order valence-electron chi connectivity index (χ3n) is 1.81. The lowest BCUT2D eigenvalue weighted by molar-refractivity contribution is -0.385. The minimum absolute atomic E-state index is 0.210. The van der Waals surface area contributed by atoms with E-state index in [1.807, 2.05) is 0 Å². The molecule has 0 aromatic heterocycles. The van der Waals surface area contributed by atoms with Crippen molar-refractivity contribution in [3.8, 4) is 0 Å². The van der Waals surface area contributed by atoms with Crippen molar-refractivity contribution in [3.05, 3.63) is 33.4 Å². The number of benzene rings is 1. The summed E-state index contributed by atoms with van der Waals surface area (Å²) in [5.41, 5.74) is 5.32. The molecule has 0 saturated carbocycles. The minimum Gasteiger partial charge on any atom is -0.477 e. The molecule has 6 heteroatoms. The topological polar surface area (TPSA) is 106 Å². The normalized spacial score (nSPS) is 9.79. The fraction of sp³-hybridized carbons (Fsp3) is 0.125. The fourth-order valence-corrected chi connectivity index (χ4v) is 1.04. The van der Waals surface area contributed by atoms with Gasteiger partial charge in [-0.2, -0.15) is 0 Å². The van der Waals surface area contributed by atoms with E-state index in [0.717, 1.165) is 6.07 Å². The van der Waals surface area contributed by atoms with E-state index in [0.29, 0.717) is 5.56 Å². The van der Waals surface area contributed by atoms with Crippen molar-refractivity contribution in [1.29, 1.82) is 0 Å². The van der Waals surface area contributed by atoms with Crippen LogP contribution in [-0.2, 0) is 0 Å². The molecule has 1 rings (SSSR count). The predicted octanol–water partition coefficient (Wildman–Crippen LogP) is 1.18. The summed E-state index contributed by atoms with van der Waals surface area (Å²) in [5.74, 6) is -1.33. The first-order valence-electron chi connectivity index (χ1n) is 3.71. The summed E-state index contributed by atoms with van der Waals surface area (Å²) in [6.07, 6.45) is 0. The molecule has 0 heterocycles. The van der Waals surface area contributed by atoms with Gasteiger partial charge in [0.25, 0.3) is 5.69 Å². The molecule has 0 spiro atoms. The smallest absolute Gasteiger partial charge is 0.342 e. The number of hydrogen-bond acceptors (Lipinski definition) is 4. The monoisotopic (exact) mass is 196 g/mol. The van der Waals surface area contributed by atoms with Gasteiger partial charge in [-0.3, -0.25) is 10.1 Å². The molecule has 0 aliphatic carbocycles. The molecule has 3 N–H and O–H groups in total. The first-order chi connectivity index (χ1) is 6.43. The first-order valence-corrected chi connectivity index (χ1v) is 3.71. The van der Waals surface area contributed by atoms with Crippen LogP contribution in [0.3, 0.4) is 0 Å². The van der Waals surface area contributed by atoms with E-state index in [1.54, 1.807) is 6.92 Å². The van der Waals surface area contributed by atoms with E-state index in [9.17, 15) is 14.9 Å². The van der Waals surface area contributed by atoms with E-state index in [4.69, 9.17) is 10.8 Å². The summed E-state index contributed by atoms with van der Waals surface area (Å²) in [4.78, 5) is 20.4. The molecule has 0 bridgehead atoms. The number of hydrogen-bond donors (Lipinski definition) is 2. The zero-order chi connectivity index (χ0) is 10.9. The summed E-state index contributed by atoms with van der Waals surface area (Å²) >= 11 is 0. The molecule has 0 saturated heterocycles. The SMILES string of the molecule is Cc1cc(C(=O)O)c([N+](=O)[O-])cc1N. The van der Waals surface area contributed by atoms with E-state index < -0.39 is 16.6 Å². The largest absolute Gasteiger partial charge is 0.477 e. The lowest BCUT2D eigenvalue weighted by Crippen LogP contribution is -2.04. The van der Waals surface area contributed by atoms with Crippen molar-refractivity contribution in [2.45, 2.75) is 6.92 Å². The van der Waals surface area contributed by atoms with Gasteiger partial charge in [-0.1, -0.05) is 0 Å². The van der Waals surface area contributed by atoms with Gasteiger partial charge in [-0.15, -0.1) is 0 Å². The number of aromatic carboxylic acids is 1. The van der Waals surface area contributed by atoms with E-state index in [2.05, 4.69) is 0 Å². The average molecular weight is 196 g/mol. The van der Waals surface area contributed by atoms with Crippen LogP contribution in [0, 0.1) is 17.0 Å².